The number of aliphatic hydroxyl groups is 1. The van der Waals surface area contributed by atoms with Gasteiger partial charge in [-0.3, -0.25) is 5.43 Å². The monoisotopic (exact) mass is 744 g/mol. The Morgan fingerprint density at radius 1 is 1.04 bits per heavy atom. The third-order valence-corrected chi connectivity index (χ3v) is 7.81. The molecule has 1 aliphatic rings. The minimum Gasteiger partial charge on any atom is -0.490 e. The number of hydrazone groups is 1. The van der Waals surface area contributed by atoms with E-state index in [9.17, 15) is 14.7 Å². The van der Waals surface area contributed by atoms with Crippen LogP contribution < -0.4 is 30.3 Å². The SMILES string of the molecule is CCOc1cc([C@@H]2NC(=O)NC(C)=C2C(=O)OC)ccc1OC[C@H](O)N/N=C\c1cc(Br)c(OCc2ccc(C)cc2)c(Br)c1. The Balaban J connectivity index is 1.37. The first-order valence-electron chi connectivity index (χ1n) is 14.0. The third kappa shape index (κ3) is 8.99. The zero-order valence-corrected chi connectivity index (χ0v) is 28.3. The Kier molecular flexibility index (Phi) is 11.9. The normalized spacial score (nSPS) is 15.3. The van der Waals surface area contributed by atoms with E-state index < -0.39 is 24.3 Å². The number of benzene rings is 3. The second kappa shape index (κ2) is 15.8. The molecule has 3 aromatic rings. The lowest BCUT2D eigenvalue weighted by Crippen LogP contribution is -2.45. The predicted octanol–water partition coefficient (Wildman–Crippen LogP) is 5.62. The molecule has 2 atom stereocenters. The van der Waals surface area contributed by atoms with Gasteiger partial charge < -0.3 is 34.7 Å². The summed E-state index contributed by atoms with van der Waals surface area (Å²) in [5.41, 5.74) is 6.90. The van der Waals surface area contributed by atoms with Gasteiger partial charge in [0.25, 0.3) is 0 Å². The summed E-state index contributed by atoms with van der Waals surface area (Å²) in [6.07, 6.45) is 0.421. The van der Waals surface area contributed by atoms with Crippen molar-refractivity contribution in [1.82, 2.24) is 16.1 Å². The van der Waals surface area contributed by atoms with Gasteiger partial charge in [-0.2, -0.15) is 5.10 Å². The average molecular weight is 746 g/mol. The molecule has 4 rings (SSSR count). The Morgan fingerprint density at radius 3 is 2.42 bits per heavy atom. The van der Waals surface area contributed by atoms with E-state index in [4.69, 9.17) is 18.9 Å². The van der Waals surface area contributed by atoms with Crippen LogP contribution in [0.5, 0.6) is 17.2 Å². The molecule has 2 amide bonds. The first kappa shape index (κ1) is 33.8. The zero-order chi connectivity index (χ0) is 32.5. The molecule has 0 spiro atoms. The van der Waals surface area contributed by atoms with Crippen molar-refractivity contribution in [2.24, 2.45) is 5.10 Å². The topological polar surface area (TPSA) is 140 Å². The highest BCUT2D eigenvalue weighted by molar-refractivity contribution is 9.11. The van der Waals surface area contributed by atoms with E-state index in [1.54, 1.807) is 31.3 Å². The summed E-state index contributed by atoms with van der Waals surface area (Å²) in [4.78, 5) is 24.6. The molecule has 0 saturated heterocycles. The van der Waals surface area contributed by atoms with Crippen LogP contribution in [0.2, 0.25) is 0 Å². The number of methoxy groups -OCH3 is 1. The van der Waals surface area contributed by atoms with Gasteiger partial charge in [-0.1, -0.05) is 35.9 Å². The molecule has 0 saturated carbocycles. The Labute approximate surface area is 278 Å². The largest absolute Gasteiger partial charge is 0.490 e. The van der Waals surface area contributed by atoms with Crippen LogP contribution in [0, 0.1) is 6.92 Å². The number of amides is 2. The molecule has 238 valence electrons. The zero-order valence-electron chi connectivity index (χ0n) is 25.1. The maximum atomic E-state index is 12.4. The van der Waals surface area contributed by atoms with Crippen molar-refractivity contribution in [2.75, 3.05) is 20.3 Å². The predicted molar refractivity (Wildman–Crippen MR) is 176 cm³/mol. The minimum atomic E-state index is -1.14. The van der Waals surface area contributed by atoms with Gasteiger partial charge in [-0.25, -0.2) is 9.59 Å². The van der Waals surface area contributed by atoms with Gasteiger partial charge in [-0.15, -0.1) is 0 Å². The number of nitrogens with zero attached hydrogens (tertiary/aromatic N) is 1. The molecular formula is C32H34Br2N4O7. The van der Waals surface area contributed by atoms with Crippen LogP contribution in [0.1, 0.15) is 42.1 Å². The lowest BCUT2D eigenvalue weighted by atomic mass is 9.95. The summed E-state index contributed by atoms with van der Waals surface area (Å²) in [5, 5.41) is 19.9. The van der Waals surface area contributed by atoms with E-state index in [0.29, 0.717) is 41.7 Å². The highest BCUT2D eigenvalue weighted by atomic mass is 79.9. The first-order chi connectivity index (χ1) is 21.6. The number of urea groups is 1. The van der Waals surface area contributed by atoms with Gasteiger partial charge >= 0.3 is 12.0 Å². The number of hydrogen-bond donors (Lipinski definition) is 4. The van der Waals surface area contributed by atoms with Crippen molar-refractivity contribution in [3.63, 3.8) is 0 Å². The van der Waals surface area contributed by atoms with Crippen molar-refractivity contribution in [2.45, 2.75) is 39.6 Å². The van der Waals surface area contributed by atoms with E-state index >= 15 is 0 Å². The Bertz CT molecular complexity index is 1570. The summed E-state index contributed by atoms with van der Waals surface area (Å²) in [5.74, 6) is 0.834. The minimum absolute atomic E-state index is 0.146. The molecule has 0 fully saturated rings. The number of allylic oxidation sites excluding steroid dienone is 1. The molecule has 0 unspecified atom stereocenters. The highest BCUT2D eigenvalue weighted by Gasteiger charge is 2.32. The lowest BCUT2D eigenvalue weighted by molar-refractivity contribution is -0.136. The molecule has 4 N–H and O–H groups in total. The van der Waals surface area contributed by atoms with Crippen LogP contribution in [0.3, 0.4) is 0 Å². The fourth-order valence-electron chi connectivity index (χ4n) is 4.45. The van der Waals surface area contributed by atoms with Crippen LogP contribution >= 0.6 is 31.9 Å². The highest BCUT2D eigenvalue weighted by Crippen LogP contribution is 2.36. The second-order valence-electron chi connectivity index (χ2n) is 10.0. The number of halogens is 2. The van der Waals surface area contributed by atoms with Crippen molar-refractivity contribution < 1.29 is 33.6 Å². The maximum absolute atomic E-state index is 12.4. The van der Waals surface area contributed by atoms with E-state index in [1.165, 1.54) is 12.7 Å². The van der Waals surface area contributed by atoms with Gasteiger partial charge in [0, 0.05) is 5.70 Å². The second-order valence-corrected chi connectivity index (χ2v) is 11.7. The lowest BCUT2D eigenvalue weighted by Gasteiger charge is -2.28. The van der Waals surface area contributed by atoms with Crippen LogP contribution in [0.15, 0.2) is 79.9 Å². The molecule has 13 heteroatoms. The van der Waals surface area contributed by atoms with Crippen LogP contribution in [0.4, 0.5) is 4.79 Å². The molecule has 0 bridgehead atoms. The van der Waals surface area contributed by atoms with E-state index in [1.807, 2.05) is 50.2 Å². The number of aryl methyl sites for hydroxylation is 1. The fraction of sp³-hybridized carbons (Fsp3) is 0.281. The van der Waals surface area contributed by atoms with Crippen LogP contribution in [0.25, 0.3) is 0 Å². The third-order valence-electron chi connectivity index (χ3n) is 6.63. The van der Waals surface area contributed by atoms with Crippen molar-refractivity contribution >= 4 is 50.1 Å². The number of hydrogen-bond acceptors (Lipinski definition) is 9. The molecule has 0 aromatic heterocycles. The van der Waals surface area contributed by atoms with Crippen LogP contribution in [-0.4, -0.2) is 49.9 Å². The van der Waals surface area contributed by atoms with Gasteiger partial charge in [0.15, 0.2) is 17.7 Å². The maximum Gasteiger partial charge on any atom is 0.337 e. The van der Waals surface area contributed by atoms with Gasteiger partial charge in [0.2, 0.25) is 0 Å². The molecule has 1 aliphatic heterocycles. The number of aliphatic hydroxyl groups excluding tert-OH is 1. The number of ether oxygens (including phenoxy) is 4. The molecule has 0 radical (unpaired) electrons. The standard InChI is InChI=1S/C32H34Br2N4O7/c1-5-43-26-14-22(29-28(31(40)42-4)19(3)36-32(41)37-29)10-11-25(26)44-17-27(39)38-35-15-21-12-23(33)30(24(34)13-21)45-16-20-8-6-18(2)7-9-20/h6-15,27,29,38-39H,5,16-17H2,1-4H3,(H2,36,37,41)/b35-15-/t27-,29-/m0/s1. The van der Waals surface area contributed by atoms with Crippen molar-refractivity contribution in [1.29, 1.82) is 0 Å². The number of carbonyl (C=O) groups excluding carboxylic acids is 2. The molecular weight excluding hydrogens is 712 g/mol. The number of rotatable bonds is 13. The molecule has 0 aliphatic carbocycles. The summed E-state index contributed by atoms with van der Waals surface area (Å²) < 4.78 is 24.0. The van der Waals surface area contributed by atoms with Gasteiger partial charge in [-0.05, 0) is 93.6 Å². The van der Waals surface area contributed by atoms with Crippen molar-refractivity contribution in [3.05, 3.63) is 97.1 Å². The quantitative estimate of drug-likeness (QED) is 0.0766. The van der Waals surface area contributed by atoms with Crippen LogP contribution in [-0.2, 0) is 16.1 Å². The fourth-order valence-corrected chi connectivity index (χ4v) is 5.90. The summed E-state index contributed by atoms with van der Waals surface area (Å²) in [6, 6.07) is 15.7. The molecule has 45 heavy (non-hydrogen) atoms. The number of esters is 1. The molecule has 3 aromatic carbocycles. The number of carbonyl (C=O) groups is 2. The molecule has 11 nitrogen and oxygen atoms in total. The Hall–Kier alpha value is -4.07. The first-order valence-corrected chi connectivity index (χ1v) is 15.6. The Morgan fingerprint density at radius 2 is 1.76 bits per heavy atom. The van der Waals surface area contributed by atoms with Crippen molar-refractivity contribution in [3.8, 4) is 17.2 Å². The van der Waals surface area contributed by atoms with Gasteiger partial charge in [0.05, 0.1) is 40.5 Å². The van der Waals surface area contributed by atoms with Gasteiger partial charge in [0.1, 0.15) is 19.0 Å². The van der Waals surface area contributed by atoms with E-state index in [-0.39, 0.29) is 12.2 Å². The molecule has 1 heterocycles. The summed E-state index contributed by atoms with van der Waals surface area (Å²) >= 11 is 7.11. The number of nitrogens with one attached hydrogen (secondary N) is 3. The van der Waals surface area contributed by atoms with E-state index in [0.717, 1.165) is 20.1 Å². The smallest absolute Gasteiger partial charge is 0.337 e. The van der Waals surface area contributed by atoms with E-state index in [2.05, 4.69) is 53.0 Å². The summed E-state index contributed by atoms with van der Waals surface area (Å²) in [6.45, 7) is 6.10. The average Bonchev–Trinajstić information content (AvgIpc) is 3.00. The summed E-state index contributed by atoms with van der Waals surface area (Å²) in [7, 11) is 1.28.